The van der Waals surface area contributed by atoms with E-state index in [0.717, 1.165) is 21.8 Å². The van der Waals surface area contributed by atoms with Crippen LogP contribution in [-0.2, 0) is 11.2 Å². The molecule has 0 unspecified atom stereocenters. The highest BCUT2D eigenvalue weighted by molar-refractivity contribution is 7.19. The largest absolute Gasteiger partial charge is 0.339 e. The fourth-order valence-electron chi connectivity index (χ4n) is 3.07. The Morgan fingerprint density at radius 3 is 2.55 bits per heavy atom. The number of carbonyl (C=O) groups is 2. The number of rotatable bonds is 7. The summed E-state index contributed by atoms with van der Waals surface area (Å²) in [7, 11) is 0. The van der Waals surface area contributed by atoms with Gasteiger partial charge in [-0.25, -0.2) is 4.98 Å². The lowest BCUT2D eigenvalue weighted by molar-refractivity contribution is -0.118. The SMILES string of the molecule is Cc1nc(NC(=O)[C@H](Cc2ccccc2)NC(=O)c2cccs2)sc1-c1ccccn1. The molecule has 0 radical (unpaired) electrons. The van der Waals surface area contributed by atoms with Crippen LogP contribution in [0, 0.1) is 6.92 Å². The maximum Gasteiger partial charge on any atom is 0.262 e. The van der Waals surface area contributed by atoms with Gasteiger partial charge < -0.3 is 10.6 Å². The van der Waals surface area contributed by atoms with Crippen molar-refractivity contribution in [2.45, 2.75) is 19.4 Å². The second-order valence-corrected chi connectivity index (χ2v) is 8.78. The predicted molar refractivity (Wildman–Crippen MR) is 124 cm³/mol. The van der Waals surface area contributed by atoms with E-state index in [9.17, 15) is 9.59 Å². The van der Waals surface area contributed by atoms with Crippen LogP contribution >= 0.6 is 22.7 Å². The molecular weight excluding hydrogens is 428 g/mol. The maximum atomic E-state index is 13.1. The number of nitrogens with zero attached hydrogens (tertiary/aromatic N) is 2. The number of benzene rings is 1. The summed E-state index contributed by atoms with van der Waals surface area (Å²) < 4.78 is 0. The molecule has 1 atom stereocenters. The van der Waals surface area contributed by atoms with Crippen molar-refractivity contribution in [3.63, 3.8) is 0 Å². The molecule has 0 aliphatic heterocycles. The summed E-state index contributed by atoms with van der Waals surface area (Å²) in [5.74, 6) is -0.578. The monoisotopic (exact) mass is 448 g/mol. The van der Waals surface area contributed by atoms with Gasteiger partial charge in [0.05, 0.1) is 21.1 Å². The summed E-state index contributed by atoms with van der Waals surface area (Å²) in [5.41, 5.74) is 2.56. The van der Waals surface area contributed by atoms with Gasteiger partial charge >= 0.3 is 0 Å². The molecule has 156 valence electrons. The second kappa shape index (κ2) is 9.63. The zero-order valence-corrected chi connectivity index (χ0v) is 18.4. The van der Waals surface area contributed by atoms with Gasteiger partial charge in [-0.2, -0.15) is 0 Å². The number of amides is 2. The van der Waals surface area contributed by atoms with Crippen molar-refractivity contribution >= 4 is 39.6 Å². The smallest absolute Gasteiger partial charge is 0.262 e. The van der Waals surface area contributed by atoms with E-state index < -0.39 is 6.04 Å². The molecule has 6 nitrogen and oxygen atoms in total. The molecule has 0 fully saturated rings. The highest BCUT2D eigenvalue weighted by Crippen LogP contribution is 2.31. The quantitative estimate of drug-likeness (QED) is 0.434. The molecule has 0 aliphatic rings. The number of thiazole rings is 1. The zero-order chi connectivity index (χ0) is 21.6. The fraction of sp³-hybridized carbons (Fsp3) is 0.130. The molecule has 1 aromatic carbocycles. The standard InChI is InChI=1S/C23H20N4O2S2/c1-15-20(17-10-5-6-12-24-17)31-23(25-15)27-21(28)18(14-16-8-3-2-4-9-16)26-22(29)19-11-7-13-30-19/h2-13,18H,14H2,1H3,(H,26,29)(H,25,27,28)/t18-/m0/s1. The number of hydrogen-bond donors (Lipinski definition) is 2. The lowest BCUT2D eigenvalue weighted by Crippen LogP contribution is -2.45. The normalized spacial score (nSPS) is 11.6. The third kappa shape index (κ3) is 5.22. The van der Waals surface area contributed by atoms with Gasteiger partial charge in [0, 0.05) is 12.6 Å². The van der Waals surface area contributed by atoms with Gasteiger partial charge in [-0.1, -0.05) is 53.8 Å². The van der Waals surface area contributed by atoms with Gasteiger partial charge in [0.25, 0.3) is 5.91 Å². The van der Waals surface area contributed by atoms with Crippen LogP contribution in [0.3, 0.4) is 0 Å². The van der Waals surface area contributed by atoms with E-state index in [2.05, 4.69) is 20.6 Å². The summed E-state index contributed by atoms with van der Waals surface area (Å²) in [6.07, 6.45) is 2.10. The van der Waals surface area contributed by atoms with E-state index in [1.165, 1.54) is 22.7 Å². The molecule has 31 heavy (non-hydrogen) atoms. The van der Waals surface area contributed by atoms with Crippen LogP contribution < -0.4 is 10.6 Å². The maximum absolute atomic E-state index is 13.1. The van der Waals surface area contributed by atoms with Crippen molar-refractivity contribution in [2.24, 2.45) is 0 Å². The third-order valence-electron chi connectivity index (χ3n) is 4.57. The number of aryl methyl sites for hydroxylation is 1. The molecule has 0 bridgehead atoms. The average molecular weight is 449 g/mol. The van der Waals surface area contributed by atoms with E-state index in [4.69, 9.17) is 0 Å². The highest BCUT2D eigenvalue weighted by Gasteiger charge is 2.24. The Kier molecular flexibility index (Phi) is 6.49. The zero-order valence-electron chi connectivity index (χ0n) is 16.7. The van der Waals surface area contributed by atoms with E-state index >= 15 is 0 Å². The van der Waals surface area contributed by atoms with Crippen LogP contribution in [0.25, 0.3) is 10.6 Å². The average Bonchev–Trinajstić information content (AvgIpc) is 3.45. The number of carbonyl (C=O) groups excluding carboxylic acids is 2. The fourth-order valence-corrected chi connectivity index (χ4v) is 4.65. The molecule has 2 N–H and O–H groups in total. The number of nitrogens with one attached hydrogen (secondary N) is 2. The van der Waals surface area contributed by atoms with Crippen molar-refractivity contribution in [1.82, 2.24) is 15.3 Å². The number of anilines is 1. The predicted octanol–water partition coefficient (Wildman–Crippen LogP) is 4.55. The van der Waals surface area contributed by atoms with E-state index in [1.54, 1.807) is 12.3 Å². The lowest BCUT2D eigenvalue weighted by Gasteiger charge is -2.17. The van der Waals surface area contributed by atoms with Crippen molar-refractivity contribution in [2.75, 3.05) is 5.32 Å². The summed E-state index contributed by atoms with van der Waals surface area (Å²) in [5, 5.41) is 8.05. The molecular formula is C23H20N4O2S2. The minimum Gasteiger partial charge on any atom is -0.339 e. The Morgan fingerprint density at radius 2 is 1.84 bits per heavy atom. The molecule has 4 aromatic rings. The Bertz CT molecular complexity index is 1160. The van der Waals surface area contributed by atoms with E-state index in [0.29, 0.717) is 16.4 Å². The lowest BCUT2D eigenvalue weighted by atomic mass is 10.1. The third-order valence-corrected chi connectivity index (χ3v) is 6.54. The Balaban J connectivity index is 1.53. The number of aromatic nitrogens is 2. The van der Waals surface area contributed by atoms with Gasteiger partial charge in [-0.05, 0) is 36.1 Å². The van der Waals surface area contributed by atoms with E-state index in [1.807, 2.05) is 66.9 Å². The molecule has 4 rings (SSSR count). The second-order valence-electron chi connectivity index (χ2n) is 6.83. The molecule has 8 heteroatoms. The first-order valence-electron chi connectivity index (χ1n) is 9.68. The summed E-state index contributed by atoms with van der Waals surface area (Å²) in [6.45, 7) is 1.89. The number of hydrogen-bond acceptors (Lipinski definition) is 6. The van der Waals surface area contributed by atoms with Crippen LogP contribution in [-0.4, -0.2) is 27.8 Å². The summed E-state index contributed by atoms with van der Waals surface area (Å²) in [6, 6.07) is 18.1. The van der Waals surface area contributed by atoms with Gasteiger partial charge in [0.15, 0.2) is 5.13 Å². The van der Waals surface area contributed by atoms with Crippen molar-refractivity contribution in [3.8, 4) is 10.6 Å². The van der Waals surface area contributed by atoms with E-state index in [-0.39, 0.29) is 11.8 Å². The van der Waals surface area contributed by atoms with Crippen LogP contribution in [0.2, 0.25) is 0 Å². The minimum absolute atomic E-state index is 0.268. The molecule has 3 aromatic heterocycles. The Labute approximate surface area is 188 Å². The van der Waals surface area contributed by atoms with Crippen LogP contribution in [0.4, 0.5) is 5.13 Å². The first kappa shape index (κ1) is 20.9. The van der Waals surface area contributed by atoms with Gasteiger partial charge in [-0.3, -0.25) is 14.6 Å². The summed E-state index contributed by atoms with van der Waals surface area (Å²) >= 11 is 2.70. The van der Waals surface area contributed by atoms with Crippen molar-refractivity contribution < 1.29 is 9.59 Å². The highest BCUT2D eigenvalue weighted by atomic mass is 32.1. The molecule has 0 saturated carbocycles. The van der Waals surface area contributed by atoms with Gasteiger partial charge in [0.2, 0.25) is 5.91 Å². The van der Waals surface area contributed by atoms with Gasteiger partial charge in [0.1, 0.15) is 6.04 Å². The van der Waals surface area contributed by atoms with Crippen LogP contribution in [0.15, 0.2) is 72.2 Å². The number of pyridine rings is 1. The first-order chi connectivity index (χ1) is 15.1. The topological polar surface area (TPSA) is 84.0 Å². The van der Waals surface area contributed by atoms with Crippen LogP contribution in [0.5, 0.6) is 0 Å². The molecule has 0 aliphatic carbocycles. The number of thiophene rings is 1. The molecule has 0 spiro atoms. The first-order valence-corrected chi connectivity index (χ1v) is 11.4. The minimum atomic E-state index is -0.737. The molecule has 3 heterocycles. The Morgan fingerprint density at radius 1 is 1.03 bits per heavy atom. The summed E-state index contributed by atoms with van der Waals surface area (Å²) in [4.78, 5) is 36.0. The van der Waals surface area contributed by atoms with Crippen LogP contribution in [0.1, 0.15) is 20.9 Å². The van der Waals surface area contributed by atoms with Gasteiger partial charge in [-0.15, -0.1) is 11.3 Å². The Hall–Kier alpha value is -3.36. The molecule has 0 saturated heterocycles. The molecule has 2 amide bonds. The van der Waals surface area contributed by atoms with Crippen molar-refractivity contribution in [3.05, 3.63) is 88.4 Å². The van der Waals surface area contributed by atoms with Crippen molar-refractivity contribution in [1.29, 1.82) is 0 Å².